The zero-order valence-corrected chi connectivity index (χ0v) is 17.8. The number of nitrogens with zero attached hydrogens (tertiary/aromatic N) is 2. The first kappa shape index (κ1) is 20.8. The van der Waals surface area contributed by atoms with Gasteiger partial charge in [0, 0.05) is 32.2 Å². The Morgan fingerprint density at radius 1 is 1.07 bits per heavy atom. The maximum absolute atomic E-state index is 13.0. The molecule has 0 aromatic heterocycles. The number of rotatable bonds is 5. The van der Waals surface area contributed by atoms with Crippen molar-refractivity contribution in [2.24, 2.45) is 0 Å². The molecule has 2 aromatic rings. The molecule has 1 amide bonds. The van der Waals surface area contributed by atoms with E-state index < -0.39 is 10.0 Å². The largest absolute Gasteiger partial charge is 0.337 e. The number of hydrogen-bond donors (Lipinski definition) is 0. The first-order valence-corrected chi connectivity index (χ1v) is 11.2. The van der Waals surface area contributed by atoms with E-state index >= 15 is 0 Å². The van der Waals surface area contributed by atoms with E-state index in [1.165, 1.54) is 16.4 Å². The van der Waals surface area contributed by atoms with Crippen LogP contribution in [0, 0.1) is 6.92 Å². The van der Waals surface area contributed by atoms with E-state index in [-0.39, 0.29) is 15.8 Å². The van der Waals surface area contributed by atoms with Crippen LogP contribution in [0.3, 0.4) is 0 Å². The molecule has 0 bridgehead atoms. The lowest BCUT2D eigenvalue weighted by Gasteiger charge is -2.26. The van der Waals surface area contributed by atoms with Crippen molar-refractivity contribution >= 4 is 27.5 Å². The summed E-state index contributed by atoms with van der Waals surface area (Å²) >= 11 is 6.20. The summed E-state index contributed by atoms with van der Waals surface area (Å²) in [6, 6.07) is 12.4. The highest BCUT2D eigenvalue weighted by atomic mass is 35.5. The second-order valence-corrected chi connectivity index (χ2v) is 9.57. The molecule has 1 heterocycles. The minimum atomic E-state index is -3.71. The van der Waals surface area contributed by atoms with Crippen LogP contribution in [0.5, 0.6) is 0 Å². The number of halogens is 1. The molecule has 5 nitrogen and oxygen atoms in total. The number of carbonyl (C=O) groups is 1. The summed E-state index contributed by atoms with van der Waals surface area (Å²) in [5, 5.41) is 0.142. The molecule has 0 radical (unpaired) electrons. The molecule has 1 aliphatic rings. The first-order chi connectivity index (χ1) is 13.3. The quantitative estimate of drug-likeness (QED) is 0.731. The maximum Gasteiger partial charge on any atom is 0.253 e. The fourth-order valence-electron chi connectivity index (χ4n) is 3.34. The third-order valence-electron chi connectivity index (χ3n) is 5.00. The SMILES string of the molecule is Cc1ccc(CN(C)C(=O)c2ccc(Cl)c(S(=O)(=O)N3CCCCC3)c2)cc1. The van der Waals surface area contributed by atoms with Gasteiger partial charge in [-0.05, 0) is 43.5 Å². The highest BCUT2D eigenvalue weighted by Gasteiger charge is 2.29. The number of sulfonamides is 1. The Morgan fingerprint density at radius 2 is 1.71 bits per heavy atom. The van der Waals surface area contributed by atoms with Crippen LogP contribution in [0.15, 0.2) is 47.4 Å². The van der Waals surface area contributed by atoms with Gasteiger partial charge < -0.3 is 4.90 Å². The smallest absolute Gasteiger partial charge is 0.253 e. The molecule has 0 spiro atoms. The molecule has 2 aromatic carbocycles. The predicted octanol–water partition coefficient (Wildman–Crippen LogP) is 4.10. The lowest BCUT2D eigenvalue weighted by molar-refractivity contribution is 0.0785. The van der Waals surface area contributed by atoms with Gasteiger partial charge in [-0.3, -0.25) is 4.79 Å². The molecule has 0 aliphatic carbocycles. The summed E-state index contributed by atoms with van der Waals surface area (Å²) in [6.45, 7) is 3.43. The van der Waals surface area contributed by atoms with E-state index in [9.17, 15) is 13.2 Å². The van der Waals surface area contributed by atoms with Gasteiger partial charge in [0.25, 0.3) is 5.91 Å². The minimum Gasteiger partial charge on any atom is -0.337 e. The Kier molecular flexibility index (Phi) is 6.43. The van der Waals surface area contributed by atoms with E-state index in [0.29, 0.717) is 25.2 Å². The number of carbonyl (C=O) groups excluding carboxylic acids is 1. The van der Waals surface area contributed by atoms with Gasteiger partial charge in [-0.25, -0.2) is 8.42 Å². The Labute approximate surface area is 172 Å². The zero-order chi connectivity index (χ0) is 20.3. The van der Waals surface area contributed by atoms with Gasteiger partial charge in [0.1, 0.15) is 4.90 Å². The van der Waals surface area contributed by atoms with E-state index in [4.69, 9.17) is 11.6 Å². The molecule has 0 N–H and O–H groups in total. The highest BCUT2D eigenvalue weighted by molar-refractivity contribution is 7.89. The van der Waals surface area contributed by atoms with Crippen molar-refractivity contribution in [1.29, 1.82) is 0 Å². The summed E-state index contributed by atoms with van der Waals surface area (Å²) in [6.07, 6.45) is 2.71. The topological polar surface area (TPSA) is 57.7 Å². The first-order valence-electron chi connectivity index (χ1n) is 9.40. The van der Waals surface area contributed by atoms with Crippen molar-refractivity contribution in [3.05, 3.63) is 64.2 Å². The normalized spacial score (nSPS) is 15.4. The molecule has 0 atom stereocenters. The number of aryl methyl sites for hydroxylation is 1. The predicted molar refractivity (Wildman–Crippen MR) is 111 cm³/mol. The molecule has 0 saturated carbocycles. The van der Waals surface area contributed by atoms with Crippen LogP contribution < -0.4 is 0 Å². The molecule has 0 unspecified atom stereocenters. The third-order valence-corrected chi connectivity index (χ3v) is 7.38. The van der Waals surface area contributed by atoms with Crippen LogP contribution in [-0.4, -0.2) is 43.7 Å². The van der Waals surface area contributed by atoms with Crippen molar-refractivity contribution < 1.29 is 13.2 Å². The second kappa shape index (κ2) is 8.64. The number of hydrogen-bond acceptors (Lipinski definition) is 3. The van der Waals surface area contributed by atoms with E-state index in [2.05, 4.69) is 0 Å². The van der Waals surface area contributed by atoms with Gasteiger partial charge in [-0.15, -0.1) is 0 Å². The van der Waals surface area contributed by atoms with Crippen LogP contribution in [0.2, 0.25) is 5.02 Å². The molecule has 150 valence electrons. The van der Waals surface area contributed by atoms with E-state index in [0.717, 1.165) is 30.4 Å². The van der Waals surface area contributed by atoms with Crippen molar-refractivity contribution in [3.8, 4) is 0 Å². The summed E-state index contributed by atoms with van der Waals surface area (Å²) < 4.78 is 27.4. The van der Waals surface area contributed by atoms with Gasteiger partial charge >= 0.3 is 0 Å². The molecule has 1 fully saturated rings. The minimum absolute atomic E-state index is 0.00523. The van der Waals surface area contributed by atoms with Crippen LogP contribution >= 0.6 is 11.6 Å². The van der Waals surface area contributed by atoms with E-state index in [1.54, 1.807) is 18.0 Å². The summed E-state index contributed by atoms with van der Waals surface area (Å²) in [5.41, 5.74) is 2.48. The Balaban J connectivity index is 1.83. The number of piperidine rings is 1. The maximum atomic E-state index is 13.0. The zero-order valence-electron chi connectivity index (χ0n) is 16.2. The fourth-order valence-corrected chi connectivity index (χ4v) is 5.36. The lowest BCUT2D eigenvalue weighted by Crippen LogP contribution is -2.36. The van der Waals surface area contributed by atoms with Crippen molar-refractivity contribution in [2.45, 2.75) is 37.6 Å². The van der Waals surface area contributed by atoms with Gasteiger partial charge in [0.15, 0.2) is 0 Å². The molecule has 28 heavy (non-hydrogen) atoms. The van der Waals surface area contributed by atoms with Crippen molar-refractivity contribution in [2.75, 3.05) is 20.1 Å². The fraction of sp³-hybridized carbons (Fsp3) is 0.381. The average Bonchev–Trinajstić information content (AvgIpc) is 2.70. The van der Waals surface area contributed by atoms with Crippen LogP contribution in [0.25, 0.3) is 0 Å². The van der Waals surface area contributed by atoms with E-state index in [1.807, 2.05) is 31.2 Å². The highest BCUT2D eigenvalue weighted by Crippen LogP contribution is 2.28. The molecule has 7 heteroatoms. The Morgan fingerprint density at radius 3 is 2.36 bits per heavy atom. The number of benzene rings is 2. The molecule has 3 rings (SSSR count). The molecule has 1 saturated heterocycles. The van der Waals surface area contributed by atoms with Crippen LogP contribution in [0.4, 0.5) is 0 Å². The Hall–Kier alpha value is -1.89. The van der Waals surface area contributed by atoms with Gasteiger partial charge in [-0.2, -0.15) is 4.31 Å². The van der Waals surface area contributed by atoms with Crippen molar-refractivity contribution in [1.82, 2.24) is 9.21 Å². The lowest BCUT2D eigenvalue weighted by atomic mass is 10.1. The standard InChI is InChI=1S/C21H25ClN2O3S/c1-16-6-8-17(9-7-16)15-23(2)21(25)18-10-11-19(22)20(14-18)28(26,27)24-12-4-3-5-13-24/h6-11,14H,3-5,12-13,15H2,1-2H3. The number of amides is 1. The van der Waals surface area contributed by atoms with Gasteiger partial charge in [0.2, 0.25) is 10.0 Å². The molecular formula is C21H25ClN2O3S. The molecular weight excluding hydrogens is 396 g/mol. The molecule has 1 aliphatic heterocycles. The summed E-state index contributed by atoms with van der Waals surface area (Å²) in [4.78, 5) is 14.4. The monoisotopic (exact) mass is 420 g/mol. The Bertz CT molecular complexity index is 952. The van der Waals surface area contributed by atoms with Crippen LogP contribution in [0.1, 0.15) is 40.7 Å². The summed E-state index contributed by atoms with van der Waals surface area (Å²) in [7, 11) is -2.00. The van der Waals surface area contributed by atoms with Gasteiger partial charge in [-0.1, -0.05) is 47.9 Å². The third kappa shape index (κ3) is 4.57. The van der Waals surface area contributed by atoms with Crippen molar-refractivity contribution in [3.63, 3.8) is 0 Å². The van der Waals surface area contributed by atoms with Gasteiger partial charge in [0.05, 0.1) is 5.02 Å². The average molecular weight is 421 g/mol. The summed E-state index contributed by atoms with van der Waals surface area (Å²) in [5.74, 6) is -0.243. The second-order valence-electron chi connectivity index (χ2n) is 7.26. The van der Waals surface area contributed by atoms with Crippen LogP contribution in [-0.2, 0) is 16.6 Å².